The van der Waals surface area contributed by atoms with Crippen molar-refractivity contribution < 1.29 is 4.79 Å². The fourth-order valence-corrected chi connectivity index (χ4v) is 4.42. The van der Waals surface area contributed by atoms with E-state index in [-0.39, 0.29) is 5.91 Å². The molecule has 0 aromatic rings. The molecule has 3 nitrogen and oxygen atoms in total. The zero-order chi connectivity index (χ0) is 12.6. The number of rotatable bonds is 2. The minimum Gasteiger partial charge on any atom is -0.339 e. The van der Waals surface area contributed by atoms with Crippen molar-refractivity contribution in [3.8, 4) is 0 Å². The van der Waals surface area contributed by atoms with Gasteiger partial charge in [-0.05, 0) is 26.2 Å². The van der Waals surface area contributed by atoms with Gasteiger partial charge in [0.1, 0.15) is 9.23 Å². The lowest BCUT2D eigenvalue weighted by Gasteiger charge is -2.20. The molecule has 0 aliphatic carbocycles. The number of carbonyl (C=O) groups is 1. The Labute approximate surface area is 115 Å². The van der Waals surface area contributed by atoms with Crippen LogP contribution in [0.25, 0.3) is 0 Å². The summed E-state index contributed by atoms with van der Waals surface area (Å²) in [5.74, 6) is 0.0477. The van der Waals surface area contributed by atoms with Crippen LogP contribution in [-0.4, -0.2) is 33.1 Å². The second kappa shape index (κ2) is 5.04. The molecule has 0 unspecified atom stereocenters. The summed E-state index contributed by atoms with van der Waals surface area (Å²) < 4.78 is 0.668. The Morgan fingerprint density at radius 3 is 2.47 bits per heavy atom. The molecule has 2 aliphatic rings. The third kappa shape index (κ3) is 2.13. The van der Waals surface area contributed by atoms with Crippen molar-refractivity contribution in [2.24, 2.45) is 0 Å². The van der Waals surface area contributed by atoms with Crippen LogP contribution in [0.15, 0.2) is 21.0 Å². The first kappa shape index (κ1) is 13.0. The second-order valence-electron chi connectivity index (χ2n) is 3.67. The van der Waals surface area contributed by atoms with Crippen LogP contribution in [0.5, 0.6) is 0 Å². The summed E-state index contributed by atoms with van der Waals surface area (Å²) in [4.78, 5) is 16.8. The summed E-state index contributed by atoms with van der Waals surface area (Å²) >= 11 is 8.25. The van der Waals surface area contributed by atoms with Gasteiger partial charge in [-0.15, -0.1) is 0 Å². The minimum absolute atomic E-state index is 0.0477. The van der Waals surface area contributed by atoms with Crippen LogP contribution in [0.3, 0.4) is 0 Å². The lowest BCUT2D eigenvalue weighted by atomic mass is 10.4. The molecular weight excluding hydrogens is 272 g/mol. The van der Waals surface area contributed by atoms with Gasteiger partial charge in [0.25, 0.3) is 5.91 Å². The second-order valence-corrected chi connectivity index (χ2v) is 6.18. The first-order valence-electron chi connectivity index (χ1n) is 5.49. The maximum Gasteiger partial charge on any atom is 0.268 e. The Morgan fingerprint density at radius 2 is 1.94 bits per heavy atom. The van der Waals surface area contributed by atoms with Gasteiger partial charge in [0.15, 0.2) is 0 Å². The zero-order valence-electron chi connectivity index (χ0n) is 10.0. The lowest BCUT2D eigenvalue weighted by molar-refractivity contribution is -0.122. The quantitative estimate of drug-likeness (QED) is 0.574. The van der Waals surface area contributed by atoms with Gasteiger partial charge in [-0.3, -0.25) is 9.69 Å². The van der Waals surface area contributed by atoms with Gasteiger partial charge in [-0.1, -0.05) is 35.7 Å². The Hall–Kier alpha value is -0.460. The molecule has 0 aromatic carbocycles. The van der Waals surface area contributed by atoms with E-state index in [2.05, 4.69) is 24.2 Å². The van der Waals surface area contributed by atoms with Crippen LogP contribution >= 0.6 is 35.7 Å². The molecule has 6 heteroatoms. The first-order chi connectivity index (χ1) is 8.10. The number of allylic oxidation sites excluding steroid dienone is 1. The van der Waals surface area contributed by atoms with Crippen molar-refractivity contribution in [1.82, 2.24) is 9.80 Å². The van der Waals surface area contributed by atoms with Crippen LogP contribution in [0.2, 0.25) is 0 Å². The smallest absolute Gasteiger partial charge is 0.268 e. The zero-order valence-corrected chi connectivity index (χ0v) is 12.5. The molecule has 0 bridgehead atoms. The highest BCUT2D eigenvalue weighted by atomic mass is 32.2. The molecule has 17 heavy (non-hydrogen) atoms. The van der Waals surface area contributed by atoms with E-state index in [1.165, 1.54) is 17.5 Å². The topological polar surface area (TPSA) is 23.6 Å². The van der Waals surface area contributed by atoms with Gasteiger partial charge in [-0.2, -0.15) is 0 Å². The van der Waals surface area contributed by atoms with Crippen LogP contribution in [0.1, 0.15) is 20.8 Å². The van der Waals surface area contributed by atoms with Gasteiger partial charge in [0.2, 0.25) is 0 Å². The van der Waals surface area contributed by atoms with Crippen molar-refractivity contribution in [3.05, 3.63) is 21.0 Å². The van der Waals surface area contributed by atoms with E-state index in [1.807, 2.05) is 6.92 Å². The fraction of sp³-hybridized carbons (Fsp3) is 0.455. The number of thiocarbonyl (C=S) groups is 1. The van der Waals surface area contributed by atoms with Crippen LogP contribution in [0, 0.1) is 0 Å². The van der Waals surface area contributed by atoms with Crippen molar-refractivity contribution in [3.63, 3.8) is 0 Å². The van der Waals surface area contributed by atoms with E-state index in [0.29, 0.717) is 10.9 Å². The van der Waals surface area contributed by atoms with Crippen molar-refractivity contribution in [1.29, 1.82) is 0 Å². The first-order valence-corrected chi connectivity index (χ1v) is 7.59. The Bertz CT molecular complexity index is 442. The van der Waals surface area contributed by atoms with E-state index in [9.17, 15) is 4.79 Å². The molecule has 2 aliphatic heterocycles. The predicted molar refractivity (Wildman–Crippen MR) is 78.3 cm³/mol. The van der Waals surface area contributed by atoms with Gasteiger partial charge in [0.05, 0.1) is 5.03 Å². The highest BCUT2D eigenvalue weighted by molar-refractivity contribution is 8.27. The molecule has 0 radical (unpaired) electrons. The molecule has 0 saturated carbocycles. The third-order valence-corrected chi connectivity index (χ3v) is 5.36. The van der Waals surface area contributed by atoms with Gasteiger partial charge in [-0.25, -0.2) is 0 Å². The summed E-state index contributed by atoms with van der Waals surface area (Å²) in [5.41, 5.74) is 1.19. The number of hydrogen-bond donors (Lipinski definition) is 0. The fourth-order valence-electron chi connectivity index (χ4n) is 1.80. The average Bonchev–Trinajstić information content (AvgIpc) is 2.79. The molecule has 0 aromatic heterocycles. The standard InChI is InChI=1S/C11H14N2OS3/c1-4-12-7(3)6-16-10(12)8-9(14)13(5-2)11(15)17-8/h6H,4-5H2,1-3H3/b10-8+. The molecule has 2 rings (SSSR count). The average molecular weight is 286 g/mol. The van der Waals surface area contributed by atoms with E-state index >= 15 is 0 Å². The molecule has 1 amide bonds. The highest BCUT2D eigenvalue weighted by Crippen LogP contribution is 2.43. The maximum atomic E-state index is 12.2. The SMILES string of the molecule is CCN1C(=O)/C(=C2\SC=C(C)N2CC)SC1=S. The summed E-state index contributed by atoms with van der Waals surface area (Å²) in [7, 11) is 0. The molecule has 0 atom stereocenters. The normalized spacial score (nSPS) is 25.0. The Morgan fingerprint density at radius 1 is 1.29 bits per heavy atom. The van der Waals surface area contributed by atoms with Gasteiger partial charge >= 0.3 is 0 Å². The van der Waals surface area contributed by atoms with E-state index in [1.54, 1.807) is 16.7 Å². The molecule has 1 saturated heterocycles. The summed E-state index contributed by atoms with van der Waals surface area (Å²) in [5, 5.41) is 3.11. The van der Waals surface area contributed by atoms with E-state index < -0.39 is 0 Å². The van der Waals surface area contributed by atoms with Crippen molar-refractivity contribution in [2.45, 2.75) is 20.8 Å². The molecule has 0 spiro atoms. The maximum absolute atomic E-state index is 12.2. The Balaban J connectivity index is 2.35. The number of carbonyl (C=O) groups excluding carboxylic acids is 1. The third-order valence-electron chi connectivity index (χ3n) is 2.69. The minimum atomic E-state index is 0.0477. The van der Waals surface area contributed by atoms with Crippen LogP contribution < -0.4 is 0 Å². The monoisotopic (exact) mass is 286 g/mol. The number of thioether (sulfide) groups is 2. The summed E-state index contributed by atoms with van der Waals surface area (Å²) in [6.45, 7) is 7.61. The molecule has 2 heterocycles. The number of likely N-dealkylation sites (N-methyl/N-ethyl adjacent to an activating group) is 1. The van der Waals surface area contributed by atoms with Crippen LogP contribution in [-0.2, 0) is 4.79 Å². The van der Waals surface area contributed by atoms with E-state index in [0.717, 1.165) is 16.5 Å². The number of hydrogen-bond acceptors (Lipinski definition) is 5. The molecule has 1 fully saturated rings. The van der Waals surface area contributed by atoms with Crippen LogP contribution in [0.4, 0.5) is 0 Å². The molecular formula is C11H14N2OS3. The van der Waals surface area contributed by atoms with Gasteiger partial charge < -0.3 is 4.90 Å². The van der Waals surface area contributed by atoms with Crippen molar-refractivity contribution >= 4 is 46.0 Å². The molecule has 0 N–H and O–H groups in total. The van der Waals surface area contributed by atoms with Crippen molar-refractivity contribution in [2.75, 3.05) is 13.1 Å². The molecule has 92 valence electrons. The summed E-state index contributed by atoms with van der Waals surface area (Å²) in [6.07, 6.45) is 0. The lowest BCUT2D eigenvalue weighted by Crippen LogP contribution is -2.28. The highest BCUT2D eigenvalue weighted by Gasteiger charge is 2.36. The summed E-state index contributed by atoms with van der Waals surface area (Å²) in [6, 6.07) is 0. The predicted octanol–water partition coefficient (Wildman–Crippen LogP) is 2.97. The largest absolute Gasteiger partial charge is 0.339 e. The van der Waals surface area contributed by atoms with E-state index in [4.69, 9.17) is 12.2 Å². The number of nitrogens with zero attached hydrogens (tertiary/aromatic N) is 2. The Kier molecular flexibility index (Phi) is 3.85. The van der Waals surface area contributed by atoms with Gasteiger partial charge in [0, 0.05) is 18.8 Å². The number of amides is 1.